The lowest BCUT2D eigenvalue weighted by Gasteiger charge is -2.18. The van der Waals surface area contributed by atoms with Gasteiger partial charge in [0.2, 0.25) is 0 Å². The minimum atomic E-state index is -0.544. The quantitative estimate of drug-likeness (QED) is 0.668. The van der Waals surface area contributed by atoms with Crippen LogP contribution in [0, 0.1) is 5.82 Å². The summed E-state index contributed by atoms with van der Waals surface area (Å²) in [6.07, 6.45) is 1.04. The van der Waals surface area contributed by atoms with Gasteiger partial charge >= 0.3 is 0 Å². The number of nitrogens with two attached hydrogens (primary N) is 2. The molecule has 0 spiro atoms. The van der Waals surface area contributed by atoms with E-state index in [1.165, 1.54) is 19.2 Å². The zero-order valence-electron chi connectivity index (χ0n) is 16.0. The Morgan fingerprint density at radius 3 is 2.43 bits per heavy atom. The van der Waals surface area contributed by atoms with Crippen LogP contribution in [0.5, 0.6) is 11.6 Å². The molecule has 6 nitrogen and oxygen atoms in total. The maximum absolute atomic E-state index is 13.7. The van der Waals surface area contributed by atoms with Gasteiger partial charge in [-0.1, -0.05) is 24.3 Å². The summed E-state index contributed by atoms with van der Waals surface area (Å²) in [6, 6.07) is 11.9. The van der Waals surface area contributed by atoms with Crippen LogP contribution in [-0.4, -0.2) is 17.1 Å². The second-order valence-electron chi connectivity index (χ2n) is 6.50. The van der Waals surface area contributed by atoms with Crippen LogP contribution in [-0.2, 0) is 0 Å². The van der Waals surface area contributed by atoms with Crippen molar-refractivity contribution in [2.75, 3.05) is 12.8 Å². The van der Waals surface area contributed by atoms with E-state index < -0.39 is 6.10 Å². The van der Waals surface area contributed by atoms with E-state index in [2.05, 4.69) is 9.97 Å². The molecule has 0 saturated carbocycles. The normalized spacial score (nSPS) is 13.0. The van der Waals surface area contributed by atoms with Gasteiger partial charge < -0.3 is 20.9 Å². The van der Waals surface area contributed by atoms with Crippen molar-refractivity contribution >= 4 is 5.82 Å². The number of benzene rings is 2. The number of anilines is 1. The van der Waals surface area contributed by atoms with Gasteiger partial charge in [0.05, 0.1) is 19.0 Å². The molecule has 7 heteroatoms. The second-order valence-corrected chi connectivity index (χ2v) is 6.50. The molecule has 2 atom stereocenters. The third-order valence-electron chi connectivity index (χ3n) is 4.42. The third kappa shape index (κ3) is 4.20. The van der Waals surface area contributed by atoms with Crippen LogP contribution in [0.3, 0.4) is 0 Å². The zero-order valence-corrected chi connectivity index (χ0v) is 16.0. The van der Waals surface area contributed by atoms with Crippen LogP contribution in [0.1, 0.15) is 37.1 Å². The topological polar surface area (TPSA) is 96.3 Å². The van der Waals surface area contributed by atoms with E-state index in [-0.39, 0.29) is 23.6 Å². The number of hydrogen-bond donors (Lipinski definition) is 2. The lowest BCUT2D eigenvalue weighted by molar-refractivity contribution is 0.212. The number of rotatable bonds is 6. The van der Waals surface area contributed by atoms with Crippen LogP contribution >= 0.6 is 0 Å². The van der Waals surface area contributed by atoms with Gasteiger partial charge in [0.25, 0.3) is 5.88 Å². The third-order valence-corrected chi connectivity index (χ3v) is 4.42. The van der Waals surface area contributed by atoms with Crippen molar-refractivity contribution in [1.29, 1.82) is 0 Å². The number of ether oxygens (including phenoxy) is 2. The largest absolute Gasteiger partial charge is 0.496 e. The number of methoxy groups -OCH3 is 1. The van der Waals surface area contributed by atoms with Crippen LogP contribution in [0.2, 0.25) is 0 Å². The van der Waals surface area contributed by atoms with Gasteiger partial charge in [-0.25, -0.2) is 14.4 Å². The van der Waals surface area contributed by atoms with Crippen molar-refractivity contribution in [1.82, 2.24) is 9.97 Å². The first kappa shape index (κ1) is 19.6. The molecule has 0 aliphatic carbocycles. The van der Waals surface area contributed by atoms with E-state index in [0.29, 0.717) is 17.0 Å². The molecule has 0 saturated heterocycles. The molecular formula is C21H23FN4O2. The Balaban J connectivity index is 1.89. The Morgan fingerprint density at radius 2 is 1.79 bits per heavy atom. The van der Waals surface area contributed by atoms with Crippen LogP contribution in [0.25, 0.3) is 11.3 Å². The molecule has 0 amide bonds. The summed E-state index contributed by atoms with van der Waals surface area (Å²) in [4.78, 5) is 8.67. The highest BCUT2D eigenvalue weighted by molar-refractivity contribution is 5.61. The lowest BCUT2D eigenvalue weighted by atomic mass is 10.1. The van der Waals surface area contributed by atoms with Crippen molar-refractivity contribution in [2.45, 2.75) is 26.0 Å². The molecule has 28 heavy (non-hydrogen) atoms. The molecule has 4 N–H and O–H groups in total. The standard InChI is InChI=1S/C21H23FN4O2/c1-12(23)14-4-6-15(7-5-14)18-11-25-20(24)21(26-18)28-13(2)17-10-16(22)8-9-19(17)27-3/h4-13H,23H2,1-3H3,(H2,24,25)/t12-,13+/m0/s1. The molecule has 2 aromatic carbocycles. The summed E-state index contributed by atoms with van der Waals surface area (Å²) in [5.41, 5.74) is 14.9. The molecule has 0 aliphatic heterocycles. The molecule has 0 bridgehead atoms. The van der Waals surface area contributed by atoms with Gasteiger partial charge in [0, 0.05) is 17.2 Å². The van der Waals surface area contributed by atoms with Gasteiger partial charge in [0.15, 0.2) is 5.82 Å². The van der Waals surface area contributed by atoms with Crippen molar-refractivity contribution in [3.63, 3.8) is 0 Å². The van der Waals surface area contributed by atoms with Crippen LogP contribution in [0.4, 0.5) is 10.2 Å². The monoisotopic (exact) mass is 382 g/mol. The van der Waals surface area contributed by atoms with Crippen LogP contribution < -0.4 is 20.9 Å². The van der Waals surface area contributed by atoms with Gasteiger partial charge in [-0.05, 0) is 37.6 Å². The highest BCUT2D eigenvalue weighted by atomic mass is 19.1. The SMILES string of the molecule is COc1ccc(F)cc1[C@@H](C)Oc1nc(-c2ccc([C@H](C)N)cc2)cnc1N. The molecule has 1 aromatic heterocycles. The summed E-state index contributed by atoms with van der Waals surface area (Å²) in [7, 11) is 1.52. The summed E-state index contributed by atoms with van der Waals surface area (Å²) < 4.78 is 24.8. The number of aromatic nitrogens is 2. The van der Waals surface area contributed by atoms with Crippen molar-refractivity contribution in [3.8, 4) is 22.9 Å². The Morgan fingerprint density at radius 1 is 1.07 bits per heavy atom. The van der Waals surface area contributed by atoms with E-state index in [4.69, 9.17) is 20.9 Å². The molecule has 3 aromatic rings. The highest BCUT2D eigenvalue weighted by Gasteiger charge is 2.17. The summed E-state index contributed by atoms with van der Waals surface area (Å²) in [6.45, 7) is 3.69. The fraction of sp³-hybridized carbons (Fsp3) is 0.238. The van der Waals surface area contributed by atoms with E-state index in [0.717, 1.165) is 11.1 Å². The number of nitrogen functional groups attached to an aromatic ring is 1. The minimum Gasteiger partial charge on any atom is -0.496 e. The zero-order chi connectivity index (χ0) is 20.3. The number of halogens is 1. The smallest absolute Gasteiger partial charge is 0.258 e. The Labute approximate surface area is 163 Å². The van der Waals surface area contributed by atoms with E-state index in [1.54, 1.807) is 19.2 Å². The molecule has 1 heterocycles. The van der Waals surface area contributed by atoms with Crippen molar-refractivity contribution in [2.24, 2.45) is 5.73 Å². The van der Waals surface area contributed by atoms with Crippen LogP contribution in [0.15, 0.2) is 48.7 Å². The molecule has 146 valence electrons. The first-order valence-corrected chi connectivity index (χ1v) is 8.87. The maximum Gasteiger partial charge on any atom is 0.258 e. The first-order chi connectivity index (χ1) is 13.4. The Hall–Kier alpha value is -3.19. The molecule has 3 rings (SSSR count). The van der Waals surface area contributed by atoms with Gasteiger partial charge in [-0.2, -0.15) is 0 Å². The molecule has 0 unspecified atom stereocenters. The molecule has 0 fully saturated rings. The number of hydrogen-bond acceptors (Lipinski definition) is 6. The molecule has 0 aliphatic rings. The fourth-order valence-corrected chi connectivity index (χ4v) is 2.82. The predicted octanol–water partition coefficient (Wildman–Crippen LogP) is 4.03. The average molecular weight is 382 g/mol. The van der Waals surface area contributed by atoms with E-state index >= 15 is 0 Å². The number of nitrogens with zero attached hydrogens (tertiary/aromatic N) is 2. The molecular weight excluding hydrogens is 359 g/mol. The minimum absolute atomic E-state index is 0.0486. The lowest BCUT2D eigenvalue weighted by Crippen LogP contribution is -2.09. The second kappa shape index (κ2) is 8.22. The van der Waals surface area contributed by atoms with Gasteiger partial charge in [-0.3, -0.25) is 0 Å². The average Bonchev–Trinajstić information content (AvgIpc) is 2.69. The van der Waals surface area contributed by atoms with Gasteiger partial charge in [-0.15, -0.1) is 0 Å². The molecule has 0 radical (unpaired) electrons. The maximum atomic E-state index is 13.7. The summed E-state index contributed by atoms with van der Waals surface area (Å²) >= 11 is 0. The van der Waals surface area contributed by atoms with E-state index in [1.807, 2.05) is 31.2 Å². The van der Waals surface area contributed by atoms with E-state index in [9.17, 15) is 4.39 Å². The van der Waals surface area contributed by atoms with Gasteiger partial charge in [0.1, 0.15) is 17.7 Å². The highest BCUT2D eigenvalue weighted by Crippen LogP contribution is 2.31. The Bertz CT molecular complexity index is 961. The first-order valence-electron chi connectivity index (χ1n) is 8.87. The van der Waals surface area contributed by atoms with Crippen molar-refractivity contribution < 1.29 is 13.9 Å². The fourth-order valence-electron chi connectivity index (χ4n) is 2.82. The predicted molar refractivity (Wildman–Crippen MR) is 106 cm³/mol. The summed E-state index contributed by atoms with van der Waals surface area (Å²) in [5, 5.41) is 0. The van der Waals surface area contributed by atoms with Crippen molar-refractivity contribution in [3.05, 3.63) is 65.6 Å². The summed E-state index contributed by atoms with van der Waals surface area (Å²) in [5.74, 6) is 0.460. The Kier molecular flexibility index (Phi) is 5.75.